The molecule has 6 aromatic carbocycles. The van der Waals surface area contributed by atoms with Crippen LogP contribution in [0.2, 0.25) is 0 Å². The average molecular weight is 414 g/mol. The predicted molar refractivity (Wildman–Crippen MR) is 142 cm³/mol. The van der Waals surface area contributed by atoms with Crippen LogP contribution in [0, 0.1) is 0 Å². The van der Waals surface area contributed by atoms with Gasteiger partial charge in [-0.2, -0.15) is 0 Å². The molecule has 0 atom stereocenters. The van der Waals surface area contributed by atoms with Crippen LogP contribution in [0.3, 0.4) is 0 Å². The molecule has 0 nitrogen and oxygen atoms in total. The van der Waals surface area contributed by atoms with E-state index >= 15 is 0 Å². The maximum Gasteiger partial charge on any atom is 0.114 e. The quantitative estimate of drug-likeness (QED) is 0.254. The molecule has 2 radical (unpaired) electrons. The van der Waals surface area contributed by atoms with Crippen LogP contribution in [-0.4, -0.2) is 7.85 Å². The largest absolute Gasteiger partial charge is 0.114 e. The van der Waals surface area contributed by atoms with E-state index in [4.69, 9.17) is 7.85 Å². The first-order valence-electron chi connectivity index (χ1n) is 11.3. The average Bonchev–Trinajstić information content (AvgIpc) is 3.20. The molecular formula is C32H19B. The third-order valence-electron chi connectivity index (χ3n) is 6.93. The lowest BCUT2D eigenvalue weighted by Gasteiger charge is -2.21. The zero-order valence-electron chi connectivity index (χ0n) is 18.0. The molecule has 1 heteroatoms. The molecule has 7 rings (SSSR count). The first-order valence-corrected chi connectivity index (χ1v) is 11.3. The lowest BCUT2D eigenvalue weighted by atomic mass is 9.78. The molecule has 150 valence electrons. The minimum Gasteiger partial charge on any atom is -0.0883 e. The van der Waals surface area contributed by atoms with Crippen molar-refractivity contribution in [2.75, 3.05) is 0 Å². The SMILES string of the molecule is [B]c1cccc2c(-c3ccccc3)c3c(c(-c4ccccc4)c12)-c1cccc2cccc-3c12. The molecule has 0 bridgehead atoms. The van der Waals surface area contributed by atoms with Gasteiger partial charge >= 0.3 is 0 Å². The van der Waals surface area contributed by atoms with Crippen molar-refractivity contribution in [3.63, 3.8) is 0 Å². The van der Waals surface area contributed by atoms with Gasteiger partial charge in [-0.1, -0.05) is 121 Å². The first kappa shape index (κ1) is 18.5. The van der Waals surface area contributed by atoms with E-state index in [9.17, 15) is 0 Å². The molecular weight excluding hydrogens is 395 g/mol. The zero-order valence-corrected chi connectivity index (χ0v) is 18.0. The Kier molecular flexibility index (Phi) is 3.89. The third-order valence-corrected chi connectivity index (χ3v) is 6.93. The van der Waals surface area contributed by atoms with E-state index in [-0.39, 0.29) is 0 Å². The fourth-order valence-electron chi connectivity index (χ4n) is 5.66. The fraction of sp³-hybridized carbons (Fsp3) is 0. The number of benzene rings is 6. The van der Waals surface area contributed by atoms with E-state index in [0.717, 1.165) is 10.8 Å². The summed E-state index contributed by atoms with van der Waals surface area (Å²) in [6.45, 7) is 0. The highest BCUT2D eigenvalue weighted by molar-refractivity contribution is 6.42. The summed E-state index contributed by atoms with van der Waals surface area (Å²) in [4.78, 5) is 0. The molecule has 0 saturated carbocycles. The van der Waals surface area contributed by atoms with Crippen LogP contribution in [0.25, 0.3) is 66.1 Å². The highest BCUT2D eigenvalue weighted by Gasteiger charge is 2.30. The second-order valence-electron chi connectivity index (χ2n) is 8.71. The van der Waals surface area contributed by atoms with E-state index < -0.39 is 0 Å². The van der Waals surface area contributed by atoms with E-state index in [1.54, 1.807) is 0 Å². The Morgan fingerprint density at radius 2 is 0.939 bits per heavy atom. The van der Waals surface area contributed by atoms with Crippen molar-refractivity contribution in [3.05, 3.63) is 115 Å². The summed E-state index contributed by atoms with van der Waals surface area (Å²) in [6, 6.07) is 41.1. The van der Waals surface area contributed by atoms with Gasteiger partial charge in [-0.15, -0.1) is 0 Å². The Balaban J connectivity index is 1.80. The van der Waals surface area contributed by atoms with Gasteiger partial charge in [-0.05, 0) is 66.1 Å². The van der Waals surface area contributed by atoms with Gasteiger partial charge in [0.15, 0.2) is 0 Å². The first-order chi connectivity index (χ1) is 16.3. The van der Waals surface area contributed by atoms with Crippen molar-refractivity contribution in [2.24, 2.45) is 0 Å². The van der Waals surface area contributed by atoms with Crippen molar-refractivity contribution in [1.82, 2.24) is 0 Å². The molecule has 0 fully saturated rings. The van der Waals surface area contributed by atoms with Gasteiger partial charge < -0.3 is 0 Å². The van der Waals surface area contributed by atoms with Crippen LogP contribution in [-0.2, 0) is 0 Å². The molecule has 0 unspecified atom stereocenters. The Morgan fingerprint density at radius 3 is 1.58 bits per heavy atom. The maximum atomic E-state index is 6.74. The minimum absolute atomic E-state index is 0.814. The summed E-state index contributed by atoms with van der Waals surface area (Å²) in [5.74, 6) is 0. The summed E-state index contributed by atoms with van der Waals surface area (Å²) >= 11 is 0. The molecule has 0 heterocycles. The van der Waals surface area contributed by atoms with Crippen molar-refractivity contribution < 1.29 is 0 Å². The Morgan fingerprint density at radius 1 is 0.394 bits per heavy atom. The summed E-state index contributed by atoms with van der Waals surface area (Å²) in [5.41, 5.74) is 10.9. The van der Waals surface area contributed by atoms with Gasteiger partial charge in [-0.3, -0.25) is 0 Å². The van der Waals surface area contributed by atoms with Gasteiger partial charge in [0.2, 0.25) is 0 Å². The summed E-state index contributed by atoms with van der Waals surface area (Å²) < 4.78 is 0. The third kappa shape index (κ3) is 2.54. The molecule has 0 aromatic heterocycles. The molecule has 33 heavy (non-hydrogen) atoms. The van der Waals surface area contributed by atoms with Crippen LogP contribution in [0.5, 0.6) is 0 Å². The fourth-order valence-corrected chi connectivity index (χ4v) is 5.66. The summed E-state index contributed by atoms with van der Waals surface area (Å²) in [6.07, 6.45) is 0. The van der Waals surface area contributed by atoms with Crippen LogP contribution in [0.15, 0.2) is 115 Å². The zero-order chi connectivity index (χ0) is 21.9. The Hall–Kier alpha value is -4.10. The van der Waals surface area contributed by atoms with Crippen molar-refractivity contribution in [2.45, 2.75) is 0 Å². The van der Waals surface area contributed by atoms with Gasteiger partial charge in [0.1, 0.15) is 7.85 Å². The standard InChI is InChI=1S/C32H19B/c33-26-19-9-18-25-28(21-10-3-1-4-11-21)31-23-16-7-14-20-15-8-17-24(27(20)23)32(31)29(30(25)26)22-12-5-2-6-13-22/h1-19H. The van der Waals surface area contributed by atoms with E-state index in [2.05, 4.69) is 109 Å². The molecule has 0 aliphatic heterocycles. The Labute approximate surface area is 194 Å². The minimum atomic E-state index is 0.814. The van der Waals surface area contributed by atoms with Crippen LogP contribution < -0.4 is 5.46 Å². The topological polar surface area (TPSA) is 0 Å². The molecule has 1 aliphatic carbocycles. The lowest BCUT2D eigenvalue weighted by molar-refractivity contribution is 1.63. The van der Waals surface area contributed by atoms with E-state index in [1.165, 1.54) is 60.7 Å². The van der Waals surface area contributed by atoms with Crippen LogP contribution in [0.4, 0.5) is 0 Å². The molecule has 0 saturated heterocycles. The number of hydrogen-bond acceptors (Lipinski definition) is 0. The molecule has 0 amide bonds. The van der Waals surface area contributed by atoms with Crippen LogP contribution >= 0.6 is 0 Å². The summed E-state index contributed by atoms with van der Waals surface area (Å²) in [7, 11) is 6.74. The number of hydrogen-bond donors (Lipinski definition) is 0. The van der Waals surface area contributed by atoms with Crippen molar-refractivity contribution in [1.29, 1.82) is 0 Å². The van der Waals surface area contributed by atoms with Gasteiger partial charge in [0.05, 0.1) is 0 Å². The monoisotopic (exact) mass is 414 g/mol. The molecule has 1 aliphatic rings. The highest BCUT2D eigenvalue weighted by atomic mass is 14.3. The van der Waals surface area contributed by atoms with Gasteiger partial charge in [0, 0.05) is 0 Å². The molecule has 0 spiro atoms. The van der Waals surface area contributed by atoms with E-state index in [1.807, 2.05) is 6.07 Å². The van der Waals surface area contributed by atoms with Crippen LogP contribution in [0.1, 0.15) is 0 Å². The highest BCUT2D eigenvalue weighted by Crippen LogP contribution is 2.57. The van der Waals surface area contributed by atoms with Gasteiger partial charge in [-0.25, -0.2) is 0 Å². The molecule has 0 N–H and O–H groups in total. The maximum absolute atomic E-state index is 6.74. The lowest BCUT2D eigenvalue weighted by Crippen LogP contribution is -2.07. The number of rotatable bonds is 2. The van der Waals surface area contributed by atoms with E-state index in [0.29, 0.717) is 0 Å². The second kappa shape index (κ2) is 6.95. The summed E-state index contributed by atoms with van der Waals surface area (Å²) in [5, 5.41) is 4.93. The molecule has 6 aromatic rings. The number of fused-ring (bicyclic) bond motifs is 4. The van der Waals surface area contributed by atoms with Crippen molar-refractivity contribution in [3.8, 4) is 44.5 Å². The smallest absolute Gasteiger partial charge is 0.0883 e. The second-order valence-corrected chi connectivity index (χ2v) is 8.71. The Bertz CT molecular complexity index is 1690. The van der Waals surface area contributed by atoms with Gasteiger partial charge in [0.25, 0.3) is 0 Å². The predicted octanol–water partition coefficient (Wildman–Crippen LogP) is 7.77. The van der Waals surface area contributed by atoms with Crippen molar-refractivity contribution >= 4 is 34.9 Å². The normalized spacial score (nSPS) is 11.8.